The van der Waals surface area contributed by atoms with Crippen LogP contribution in [0.3, 0.4) is 0 Å². The zero-order valence-electron chi connectivity index (χ0n) is 13.9. The van der Waals surface area contributed by atoms with Crippen molar-refractivity contribution in [3.8, 4) is 0 Å². The van der Waals surface area contributed by atoms with Crippen LogP contribution in [0.25, 0.3) is 0 Å². The second-order valence-corrected chi connectivity index (χ2v) is 7.41. The maximum atomic E-state index is 12.2. The molecule has 0 heterocycles. The van der Waals surface area contributed by atoms with Crippen molar-refractivity contribution in [3.05, 3.63) is 65.7 Å². The van der Waals surface area contributed by atoms with Crippen molar-refractivity contribution >= 4 is 15.9 Å². The number of carbonyl (C=O) groups excluding carboxylic acids is 1. The molecule has 2 aromatic rings. The summed E-state index contributed by atoms with van der Waals surface area (Å²) < 4.78 is 26.9. The topological polar surface area (TPSA) is 66.5 Å². The lowest BCUT2D eigenvalue weighted by atomic mass is 10.1. The number of hydrogen-bond acceptors (Lipinski definition) is 3. The zero-order chi connectivity index (χ0) is 17.6. The third-order valence-electron chi connectivity index (χ3n) is 3.63. The van der Waals surface area contributed by atoms with Crippen LogP contribution < -0.4 is 4.72 Å². The highest BCUT2D eigenvalue weighted by Gasteiger charge is 2.15. The molecule has 0 spiro atoms. The molecule has 2 rings (SSSR count). The average Bonchev–Trinajstić information content (AvgIpc) is 2.54. The summed E-state index contributed by atoms with van der Waals surface area (Å²) in [6, 6.07) is 16.1. The Morgan fingerprint density at radius 2 is 1.79 bits per heavy atom. The van der Waals surface area contributed by atoms with Crippen LogP contribution in [0.5, 0.6) is 0 Å². The lowest BCUT2D eigenvalue weighted by Crippen LogP contribution is -2.37. The van der Waals surface area contributed by atoms with E-state index in [4.69, 9.17) is 0 Å². The van der Waals surface area contributed by atoms with Crippen molar-refractivity contribution in [1.82, 2.24) is 9.62 Å². The minimum absolute atomic E-state index is 0.0876. The first kappa shape index (κ1) is 18.2. The maximum absolute atomic E-state index is 12.2. The Morgan fingerprint density at radius 3 is 2.42 bits per heavy atom. The molecular formula is C18H22N2O3S. The van der Waals surface area contributed by atoms with E-state index < -0.39 is 10.0 Å². The Balaban J connectivity index is 1.96. The Bertz CT molecular complexity index is 789. The van der Waals surface area contributed by atoms with Gasteiger partial charge in [-0.05, 0) is 24.6 Å². The first-order valence-corrected chi connectivity index (χ1v) is 9.22. The SMILES string of the molecule is CC(=O)N(CCNS(=O)(=O)c1ccccc1)Cc1cccc(C)c1. The number of nitrogens with one attached hydrogen (secondary N) is 1. The van der Waals surface area contributed by atoms with E-state index in [0.717, 1.165) is 11.1 Å². The highest BCUT2D eigenvalue weighted by Crippen LogP contribution is 2.09. The lowest BCUT2D eigenvalue weighted by molar-refractivity contribution is -0.129. The van der Waals surface area contributed by atoms with Gasteiger partial charge in [0.1, 0.15) is 0 Å². The van der Waals surface area contributed by atoms with Gasteiger partial charge in [-0.2, -0.15) is 0 Å². The van der Waals surface area contributed by atoms with E-state index in [1.165, 1.54) is 19.1 Å². The largest absolute Gasteiger partial charge is 0.337 e. The van der Waals surface area contributed by atoms with Gasteiger partial charge in [0.2, 0.25) is 15.9 Å². The number of rotatable bonds is 7. The van der Waals surface area contributed by atoms with Gasteiger partial charge in [-0.25, -0.2) is 13.1 Å². The molecule has 2 aromatic carbocycles. The van der Waals surface area contributed by atoms with Crippen molar-refractivity contribution in [2.24, 2.45) is 0 Å². The quantitative estimate of drug-likeness (QED) is 0.837. The second-order valence-electron chi connectivity index (χ2n) is 5.64. The molecule has 6 heteroatoms. The van der Waals surface area contributed by atoms with E-state index in [1.807, 2.05) is 31.2 Å². The molecule has 0 aliphatic carbocycles. The minimum atomic E-state index is -3.55. The van der Waals surface area contributed by atoms with Crippen LogP contribution >= 0.6 is 0 Å². The summed E-state index contributed by atoms with van der Waals surface area (Å²) in [7, 11) is -3.55. The number of carbonyl (C=O) groups is 1. The number of benzene rings is 2. The molecule has 0 bridgehead atoms. The third kappa shape index (κ3) is 5.18. The molecule has 1 N–H and O–H groups in total. The van der Waals surface area contributed by atoms with Crippen LogP contribution in [0.1, 0.15) is 18.1 Å². The van der Waals surface area contributed by atoms with Gasteiger partial charge in [0.05, 0.1) is 4.90 Å². The van der Waals surface area contributed by atoms with Crippen LogP contribution in [0, 0.1) is 6.92 Å². The number of aryl methyl sites for hydroxylation is 1. The molecule has 0 saturated carbocycles. The first-order valence-electron chi connectivity index (χ1n) is 7.74. The van der Waals surface area contributed by atoms with E-state index in [0.29, 0.717) is 13.1 Å². The standard InChI is InChI=1S/C18H22N2O3S/c1-15-7-6-8-17(13-15)14-20(16(2)21)12-11-19-24(22,23)18-9-4-3-5-10-18/h3-10,13,19H,11-12,14H2,1-2H3. The highest BCUT2D eigenvalue weighted by atomic mass is 32.2. The van der Waals surface area contributed by atoms with Crippen LogP contribution in [-0.2, 0) is 21.4 Å². The van der Waals surface area contributed by atoms with Gasteiger partial charge < -0.3 is 4.90 Å². The van der Waals surface area contributed by atoms with Gasteiger partial charge in [0.15, 0.2) is 0 Å². The predicted molar refractivity (Wildman–Crippen MR) is 93.9 cm³/mol. The molecule has 0 radical (unpaired) electrons. The Morgan fingerprint density at radius 1 is 1.08 bits per heavy atom. The summed E-state index contributed by atoms with van der Waals surface area (Å²) in [5, 5.41) is 0. The summed E-state index contributed by atoms with van der Waals surface area (Å²) in [5.74, 6) is -0.0876. The van der Waals surface area contributed by atoms with Crippen molar-refractivity contribution < 1.29 is 13.2 Å². The summed E-state index contributed by atoms with van der Waals surface area (Å²) in [6.07, 6.45) is 0. The molecule has 0 aromatic heterocycles. The van der Waals surface area contributed by atoms with Gasteiger partial charge in [-0.15, -0.1) is 0 Å². The number of hydrogen-bond donors (Lipinski definition) is 1. The fourth-order valence-electron chi connectivity index (χ4n) is 2.38. The molecule has 0 fully saturated rings. The highest BCUT2D eigenvalue weighted by molar-refractivity contribution is 7.89. The van der Waals surface area contributed by atoms with Gasteiger partial charge in [0, 0.05) is 26.6 Å². The smallest absolute Gasteiger partial charge is 0.240 e. The van der Waals surface area contributed by atoms with Crippen molar-refractivity contribution in [1.29, 1.82) is 0 Å². The van der Waals surface area contributed by atoms with Gasteiger partial charge in [-0.3, -0.25) is 4.79 Å². The molecule has 0 aliphatic rings. The Hall–Kier alpha value is -2.18. The number of nitrogens with zero attached hydrogens (tertiary/aromatic N) is 1. The molecule has 0 atom stereocenters. The Kier molecular flexibility index (Phi) is 6.11. The summed E-state index contributed by atoms with van der Waals surface area (Å²) in [6.45, 7) is 4.43. The van der Waals surface area contributed by atoms with E-state index in [1.54, 1.807) is 23.1 Å². The first-order chi connectivity index (χ1) is 11.4. The van der Waals surface area contributed by atoms with E-state index in [-0.39, 0.29) is 17.3 Å². The number of amides is 1. The second kappa shape index (κ2) is 8.08. The van der Waals surface area contributed by atoms with Crippen LogP contribution in [0.4, 0.5) is 0 Å². The molecule has 0 aliphatic heterocycles. The van der Waals surface area contributed by atoms with E-state index >= 15 is 0 Å². The molecular weight excluding hydrogens is 324 g/mol. The van der Waals surface area contributed by atoms with E-state index in [2.05, 4.69) is 4.72 Å². The minimum Gasteiger partial charge on any atom is -0.337 e. The monoisotopic (exact) mass is 346 g/mol. The van der Waals surface area contributed by atoms with Crippen molar-refractivity contribution in [2.75, 3.05) is 13.1 Å². The Labute approximate surface area is 143 Å². The molecule has 0 unspecified atom stereocenters. The fraction of sp³-hybridized carbons (Fsp3) is 0.278. The van der Waals surface area contributed by atoms with Gasteiger partial charge >= 0.3 is 0 Å². The fourth-order valence-corrected chi connectivity index (χ4v) is 3.42. The zero-order valence-corrected chi connectivity index (χ0v) is 14.7. The summed E-state index contributed by atoms with van der Waals surface area (Å²) in [4.78, 5) is 13.7. The molecule has 128 valence electrons. The predicted octanol–water partition coefficient (Wildman–Crippen LogP) is 2.32. The maximum Gasteiger partial charge on any atom is 0.240 e. The molecule has 1 amide bonds. The average molecular weight is 346 g/mol. The number of sulfonamides is 1. The van der Waals surface area contributed by atoms with Crippen molar-refractivity contribution in [2.45, 2.75) is 25.3 Å². The van der Waals surface area contributed by atoms with Crippen molar-refractivity contribution in [3.63, 3.8) is 0 Å². The van der Waals surface area contributed by atoms with Crippen LogP contribution in [0.15, 0.2) is 59.5 Å². The summed E-state index contributed by atoms with van der Waals surface area (Å²) >= 11 is 0. The van der Waals surface area contributed by atoms with E-state index in [9.17, 15) is 13.2 Å². The van der Waals surface area contributed by atoms with Gasteiger partial charge in [-0.1, -0.05) is 48.0 Å². The molecule has 0 saturated heterocycles. The van der Waals surface area contributed by atoms with Crippen LogP contribution in [0.2, 0.25) is 0 Å². The van der Waals surface area contributed by atoms with Crippen LogP contribution in [-0.4, -0.2) is 32.3 Å². The molecule has 5 nitrogen and oxygen atoms in total. The normalized spacial score (nSPS) is 11.2. The van der Waals surface area contributed by atoms with Gasteiger partial charge in [0.25, 0.3) is 0 Å². The third-order valence-corrected chi connectivity index (χ3v) is 5.11. The summed E-state index contributed by atoms with van der Waals surface area (Å²) in [5.41, 5.74) is 2.15. The molecule has 24 heavy (non-hydrogen) atoms. The lowest BCUT2D eigenvalue weighted by Gasteiger charge is -2.21.